The van der Waals surface area contributed by atoms with E-state index in [0.29, 0.717) is 23.4 Å². The summed E-state index contributed by atoms with van der Waals surface area (Å²) in [6.07, 6.45) is 0. The molecule has 0 unspecified atom stereocenters. The smallest absolute Gasteiger partial charge is 0.240 e. The van der Waals surface area contributed by atoms with Crippen molar-refractivity contribution in [1.82, 2.24) is 28.7 Å². The minimum Gasteiger partial charge on any atom is -0.309 e. The summed E-state index contributed by atoms with van der Waals surface area (Å²) in [6.45, 7) is 7.90. The third-order valence-corrected chi connectivity index (χ3v) is 19.2. The Morgan fingerprint density at radius 2 is 0.722 bits per heavy atom. The number of hydrogen-bond donors (Lipinski definition) is 0. The molecule has 8 heteroatoms. The van der Waals surface area contributed by atoms with E-state index in [1.165, 1.54) is 31.5 Å². The Kier molecular flexibility index (Phi) is 9.46. The van der Waals surface area contributed by atoms with Gasteiger partial charge in [-0.3, -0.25) is 9.13 Å². The Balaban J connectivity index is 1.05. The Morgan fingerprint density at radius 3 is 1.22 bits per heavy atom. The van der Waals surface area contributed by atoms with Crippen molar-refractivity contribution in [2.45, 2.75) is 0 Å². The SMILES string of the molecule is [C-]#[N+]c1ccc2c(c1)c1ccccc1n2-c1nc(-c2cccc([Si](c3ccccc3)(c3ccccc3)c3ccccc3)c2)nc(-n2c3ccccc3c3cc(-n4c5ccccc5c5ccccc54)ccc32)n1. The highest BCUT2D eigenvalue weighted by molar-refractivity contribution is 7.19. The zero-order valence-corrected chi connectivity index (χ0v) is 39.8. The lowest BCUT2D eigenvalue weighted by atomic mass is 10.1. The Hall–Kier alpha value is -9.68. The van der Waals surface area contributed by atoms with Crippen LogP contribution in [0, 0.1) is 6.57 Å². The number of aromatic nitrogens is 6. The Labute approximate surface area is 415 Å². The average Bonchev–Trinajstić information content (AvgIpc) is 4.09. The van der Waals surface area contributed by atoms with Gasteiger partial charge in [0.25, 0.3) is 0 Å². The predicted octanol–water partition coefficient (Wildman–Crippen LogP) is 12.8. The van der Waals surface area contributed by atoms with Crippen LogP contribution in [0.4, 0.5) is 5.69 Å². The molecule has 0 saturated carbocycles. The maximum atomic E-state index is 7.90. The molecule has 336 valence electrons. The van der Waals surface area contributed by atoms with Gasteiger partial charge in [-0.15, -0.1) is 0 Å². The van der Waals surface area contributed by atoms with Crippen LogP contribution < -0.4 is 20.7 Å². The fourth-order valence-corrected chi connectivity index (χ4v) is 16.2. The molecular formula is C64H41N7Si. The van der Waals surface area contributed by atoms with Crippen LogP contribution in [0.5, 0.6) is 0 Å². The minimum atomic E-state index is -2.92. The first-order chi connectivity index (χ1) is 35.7. The van der Waals surface area contributed by atoms with Crippen molar-refractivity contribution in [3.8, 4) is 29.0 Å². The lowest BCUT2D eigenvalue weighted by Crippen LogP contribution is -2.74. The Bertz CT molecular complexity index is 4320. The van der Waals surface area contributed by atoms with E-state index in [-0.39, 0.29) is 0 Å². The molecule has 0 spiro atoms. The molecule has 0 atom stereocenters. The first-order valence-electron chi connectivity index (χ1n) is 24.1. The van der Waals surface area contributed by atoms with Crippen LogP contribution in [0.25, 0.3) is 99.2 Å². The second-order valence-electron chi connectivity index (χ2n) is 18.3. The molecule has 0 fully saturated rings. The van der Waals surface area contributed by atoms with E-state index >= 15 is 0 Å². The summed E-state index contributed by atoms with van der Waals surface area (Å²) in [6, 6.07) is 88.5. The van der Waals surface area contributed by atoms with Crippen molar-refractivity contribution in [3.05, 3.63) is 260 Å². The minimum absolute atomic E-state index is 0.479. The van der Waals surface area contributed by atoms with Gasteiger partial charge in [-0.05, 0) is 80.7 Å². The monoisotopic (exact) mass is 935 g/mol. The lowest BCUT2D eigenvalue weighted by Gasteiger charge is -2.34. The van der Waals surface area contributed by atoms with Crippen LogP contribution in [0.15, 0.2) is 249 Å². The standard InChI is InChI=1S/C64H41N7Si/c1-65-44-36-38-60-54(41-44)52-30-13-17-34-58(52)70(60)63-66-62(43-20-19-27-49(40-43)72(46-21-5-2-6-22-46,47-23-7-3-8-24-47)48-25-9-4-10-26-48)67-64(68-63)71-59-35-18-14-31-53(59)55-42-45(37-39-61(55)71)69-56-32-15-11-28-50(56)51-29-12-16-33-57(51)69/h2-42H. The van der Waals surface area contributed by atoms with Gasteiger partial charge in [0.05, 0.1) is 39.7 Å². The normalized spacial score (nSPS) is 11.9. The summed E-state index contributed by atoms with van der Waals surface area (Å²) in [7, 11) is -2.92. The molecule has 0 saturated heterocycles. The number of fused-ring (bicyclic) bond motifs is 9. The van der Waals surface area contributed by atoms with Gasteiger partial charge in [-0.2, -0.15) is 15.0 Å². The summed E-state index contributed by atoms with van der Waals surface area (Å²) in [5.74, 6) is 1.52. The predicted molar refractivity (Wildman–Crippen MR) is 298 cm³/mol. The number of nitrogens with zero attached hydrogens (tertiary/aromatic N) is 7. The zero-order valence-electron chi connectivity index (χ0n) is 38.8. The van der Waals surface area contributed by atoms with Crippen LogP contribution in [0.1, 0.15) is 0 Å². The van der Waals surface area contributed by atoms with Gasteiger partial charge in [-0.25, -0.2) is 4.85 Å². The highest BCUT2D eigenvalue weighted by Gasteiger charge is 2.41. The number of para-hydroxylation sites is 4. The molecule has 0 aliphatic heterocycles. The van der Waals surface area contributed by atoms with Gasteiger partial charge in [-0.1, -0.05) is 194 Å². The number of rotatable bonds is 8. The topological polar surface area (TPSA) is 57.8 Å². The molecule has 0 N–H and O–H groups in total. The van der Waals surface area contributed by atoms with Crippen LogP contribution in [-0.4, -0.2) is 36.7 Å². The third kappa shape index (κ3) is 6.25. The highest BCUT2D eigenvalue weighted by Crippen LogP contribution is 2.38. The number of benzene rings is 10. The summed E-state index contributed by atoms with van der Waals surface area (Å²) in [5.41, 5.74) is 8.64. The van der Waals surface area contributed by atoms with Crippen molar-refractivity contribution >= 4 is 99.9 Å². The van der Waals surface area contributed by atoms with Gasteiger partial charge in [0.2, 0.25) is 11.9 Å². The van der Waals surface area contributed by atoms with E-state index in [9.17, 15) is 0 Å². The zero-order chi connectivity index (χ0) is 47.8. The highest BCUT2D eigenvalue weighted by atomic mass is 28.3. The quantitative estimate of drug-likeness (QED) is 0.0866. The molecular weight excluding hydrogens is 895 g/mol. The van der Waals surface area contributed by atoms with Crippen LogP contribution in [0.3, 0.4) is 0 Å². The fraction of sp³-hybridized carbons (Fsp3) is 0. The fourth-order valence-electron chi connectivity index (χ4n) is 11.4. The van der Waals surface area contributed by atoms with E-state index in [0.717, 1.165) is 65.9 Å². The summed E-state index contributed by atoms with van der Waals surface area (Å²) >= 11 is 0. The van der Waals surface area contributed by atoms with Crippen molar-refractivity contribution in [2.75, 3.05) is 0 Å². The molecule has 7 nitrogen and oxygen atoms in total. The summed E-state index contributed by atoms with van der Waals surface area (Å²) in [4.78, 5) is 20.3. The average molecular weight is 936 g/mol. The third-order valence-electron chi connectivity index (χ3n) is 14.5. The first-order valence-corrected chi connectivity index (χ1v) is 26.1. The molecule has 14 aromatic rings. The maximum absolute atomic E-state index is 7.90. The van der Waals surface area contributed by atoms with Gasteiger partial charge >= 0.3 is 0 Å². The van der Waals surface area contributed by atoms with Crippen LogP contribution in [-0.2, 0) is 0 Å². The van der Waals surface area contributed by atoms with Gasteiger partial charge in [0, 0.05) is 38.2 Å². The second-order valence-corrected chi connectivity index (χ2v) is 22.1. The summed E-state index contributed by atoms with van der Waals surface area (Å²) < 4.78 is 6.69. The lowest BCUT2D eigenvalue weighted by molar-refractivity contribution is 0.893. The van der Waals surface area contributed by atoms with Crippen molar-refractivity contribution in [2.24, 2.45) is 0 Å². The molecule has 0 radical (unpaired) electrons. The largest absolute Gasteiger partial charge is 0.309 e. The molecule has 0 aliphatic rings. The van der Waals surface area contributed by atoms with Crippen LogP contribution in [0.2, 0.25) is 0 Å². The first kappa shape index (κ1) is 41.3. The van der Waals surface area contributed by atoms with Crippen molar-refractivity contribution in [1.29, 1.82) is 0 Å². The van der Waals surface area contributed by atoms with Gasteiger partial charge < -0.3 is 4.57 Å². The van der Waals surface area contributed by atoms with Gasteiger partial charge in [0.15, 0.2) is 19.6 Å². The molecule has 10 aromatic carbocycles. The molecule has 14 rings (SSSR count). The molecule has 72 heavy (non-hydrogen) atoms. The van der Waals surface area contributed by atoms with Crippen molar-refractivity contribution in [3.63, 3.8) is 0 Å². The second kappa shape index (κ2) is 16.5. The van der Waals surface area contributed by atoms with Crippen molar-refractivity contribution < 1.29 is 0 Å². The van der Waals surface area contributed by atoms with E-state index in [2.05, 4.69) is 237 Å². The maximum Gasteiger partial charge on any atom is 0.240 e. The van der Waals surface area contributed by atoms with E-state index in [1.54, 1.807) is 0 Å². The molecule has 0 aliphatic carbocycles. The van der Waals surface area contributed by atoms with Gasteiger partial charge in [0.1, 0.15) is 0 Å². The molecule has 4 heterocycles. The molecule has 4 aromatic heterocycles. The van der Waals surface area contributed by atoms with E-state index in [4.69, 9.17) is 21.5 Å². The summed E-state index contributed by atoms with van der Waals surface area (Å²) in [5, 5.41) is 11.7. The van der Waals surface area contributed by atoms with E-state index in [1.807, 2.05) is 30.3 Å². The van der Waals surface area contributed by atoms with E-state index < -0.39 is 8.07 Å². The van der Waals surface area contributed by atoms with Crippen LogP contribution >= 0.6 is 0 Å². The number of hydrogen-bond acceptors (Lipinski definition) is 3. The Morgan fingerprint density at radius 1 is 0.319 bits per heavy atom. The molecule has 0 amide bonds. The molecule has 0 bridgehead atoms.